The fraction of sp³-hybridized carbons (Fsp3) is 0.312. The van der Waals surface area contributed by atoms with E-state index in [9.17, 15) is 14.4 Å². The van der Waals surface area contributed by atoms with E-state index >= 15 is 0 Å². The minimum Gasteiger partial charge on any atom is -0.463 e. The van der Waals surface area contributed by atoms with Gasteiger partial charge >= 0.3 is 5.97 Å². The van der Waals surface area contributed by atoms with Crippen molar-refractivity contribution >= 4 is 51.2 Å². The second-order valence-electron chi connectivity index (χ2n) is 4.96. The third-order valence-electron chi connectivity index (χ3n) is 3.26. The van der Waals surface area contributed by atoms with E-state index in [1.807, 2.05) is 12.1 Å². The number of amides is 2. The van der Waals surface area contributed by atoms with E-state index in [1.165, 1.54) is 22.7 Å². The van der Waals surface area contributed by atoms with Crippen LogP contribution in [-0.2, 0) is 19.1 Å². The lowest BCUT2D eigenvalue weighted by Gasteiger charge is -2.24. The standard InChI is InChI=1S/C16H17BrN2O4S/c1-3-23-15(21)8-14-19(13(20)9-24-14)10(2)16(22)18-12-6-4-11(17)5-7-12/h4-8,10H,3,9H2,1-2H3,(H,18,22)/b14-8-/t10-/m0/s1. The van der Waals surface area contributed by atoms with Gasteiger partial charge in [-0.25, -0.2) is 4.79 Å². The number of nitrogens with one attached hydrogen (secondary N) is 1. The van der Waals surface area contributed by atoms with Gasteiger partial charge in [0, 0.05) is 10.2 Å². The maximum Gasteiger partial charge on any atom is 0.333 e. The van der Waals surface area contributed by atoms with Crippen molar-refractivity contribution in [2.45, 2.75) is 19.9 Å². The molecule has 0 bridgehead atoms. The van der Waals surface area contributed by atoms with Gasteiger partial charge in [-0.05, 0) is 38.1 Å². The number of benzene rings is 1. The van der Waals surface area contributed by atoms with Crippen LogP contribution in [0, 0.1) is 0 Å². The quantitative estimate of drug-likeness (QED) is 0.594. The van der Waals surface area contributed by atoms with Gasteiger partial charge in [0.2, 0.25) is 11.8 Å². The normalized spacial score (nSPS) is 17.0. The summed E-state index contributed by atoms with van der Waals surface area (Å²) in [7, 11) is 0. The smallest absolute Gasteiger partial charge is 0.333 e. The maximum atomic E-state index is 12.4. The van der Waals surface area contributed by atoms with Crippen LogP contribution in [0.15, 0.2) is 39.8 Å². The van der Waals surface area contributed by atoms with E-state index in [2.05, 4.69) is 21.2 Å². The van der Waals surface area contributed by atoms with E-state index in [0.29, 0.717) is 10.7 Å². The van der Waals surface area contributed by atoms with Gasteiger partial charge in [-0.2, -0.15) is 0 Å². The molecule has 1 aromatic rings. The first kappa shape index (κ1) is 18.5. The molecule has 6 nitrogen and oxygen atoms in total. The molecule has 128 valence electrons. The molecule has 0 unspecified atom stereocenters. The summed E-state index contributed by atoms with van der Waals surface area (Å²) >= 11 is 4.54. The van der Waals surface area contributed by atoms with Crippen LogP contribution < -0.4 is 5.32 Å². The highest BCUT2D eigenvalue weighted by atomic mass is 79.9. The summed E-state index contributed by atoms with van der Waals surface area (Å²) < 4.78 is 5.76. The number of esters is 1. The molecule has 2 amide bonds. The summed E-state index contributed by atoms with van der Waals surface area (Å²) in [6, 6.07) is 6.39. The topological polar surface area (TPSA) is 75.7 Å². The summed E-state index contributed by atoms with van der Waals surface area (Å²) in [6.45, 7) is 3.58. The Balaban J connectivity index is 2.11. The molecule has 1 aliphatic rings. The molecule has 1 atom stereocenters. The van der Waals surface area contributed by atoms with Crippen LogP contribution in [0.3, 0.4) is 0 Å². The van der Waals surface area contributed by atoms with Gasteiger partial charge in [-0.15, -0.1) is 0 Å². The van der Waals surface area contributed by atoms with Gasteiger partial charge in [0.15, 0.2) is 0 Å². The molecular weight excluding hydrogens is 396 g/mol. The number of thioether (sulfide) groups is 1. The van der Waals surface area contributed by atoms with E-state index < -0.39 is 12.0 Å². The Bertz CT molecular complexity index is 675. The molecule has 24 heavy (non-hydrogen) atoms. The monoisotopic (exact) mass is 412 g/mol. The second-order valence-corrected chi connectivity index (χ2v) is 6.87. The predicted octanol–water partition coefficient (Wildman–Crippen LogP) is 2.76. The van der Waals surface area contributed by atoms with E-state index in [0.717, 1.165) is 4.47 Å². The summed E-state index contributed by atoms with van der Waals surface area (Å²) in [5, 5.41) is 3.19. The average Bonchev–Trinajstić information content (AvgIpc) is 2.89. The second kappa shape index (κ2) is 8.34. The number of carbonyl (C=O) groups is 3. The van der Waals surface area contributed by atoms with E-state index in [-0.39, 0.29) is 24.2 Å². The number of hydrogen-bond donors (Lipinski definition) is 1. The minimum absolute atomic E-state index is 0.196. The lowest BCUT2D eigenvalue weighted by Crippen LogP contribution is -2.42. The van der Waals surface area contributed by atoms with Gasteiger partial charge in [0.1, 0.15) is 6.04 Å². The lowest BCUT2D eigenvalue weighted by molar-refractivity contribution is -0.137. The Labute approximate surface area is 152 Å². The first-order valence-electron chi connectivity index (χ1n) is 7.32. The van der Waals surface area contributed by atoms with Crippen LogP contribution in [0.2, 0.25) is 0 Å². The highest BCUT2D eigenvalue weighted by molar-refractivity contribution is 9.10. The number of rotatable bonds is 5. The molecule has 0 saturated carbocycles. The van der Waals surface area contributed by atoms with Crippen LogP contribution in [0.5, 0.6) is 0 Å². The van der Waals surface area contributed by atoms with Crippen LogP contribution >= 0.6 is 27.7 Å². The molecule has 2 rings (SSSR count). The fourth-order valence-electron chi connectivity index (χ4n) is 2.10. The molecule has 1 aliphatic heterocycles. The molecule has 1 N–H and O–H groups in total. The number of carbonyl (C=O) groups excluding carboxylic acids is 3. The number of halogens is 1. The lowest BCUT2D eigenvalue weighted by atomic mass is 10.2. The SMILES string of the molecule is CCOC(=O)/C=C1\SCC(=O)N1[C@@H](C)C(=O)Nc1ccc(Br)cc1. The average molecular weight is 413 g/mol. The summed E-state index contributed by atoms with van der Waals surface area (Å²) in [4.78, 5) is 37.5. The van der Waals surface area contributed by atoms with Gasteiger partial charge in [0.05, 0.1) is 23.5 Å². The summed E-state index contributed by atoms with van der Waals surface area (Å²) in [6.07, 6.45) is 1.25. The predicted molar refractivity (Wildman–Crippen MR) is 96.3 cm³/mol. The Morgan fingerprint density at radius 2 is 2.08 bits per heavy atom. The van der Waals surface area contributed by atoms with Crippen LogP contribution in [0.4, 0.5) is 5.69 Å². The first-order valence-corrected chi connectivity index (χ1v) is 9.10. The van der Waals surface area contributed by atoms with Gasteiger partial charge < -0.3 is 10.1 Å². The zero-order valence-electron chi connectivity index (χ0n) is 13.2. The van der Waals surface area contributed by atoms with E-state index in [1.54, 1.807) is 26.0 Å². The third-order valence-corrected chi connectivity index (χ3v) is 4.79. The molecule has 1 aromatic carbocycles. The number of ether oxygens (including phenoxy) is 1. The van der Waals surface area contributed by atoms with Crippen LogP contribution in [-0.4, -0.2) is 41.1 Å². The molecule has 1 saturated heterocycles. The fourth-order valence-corrected chi connectivity index (χ4v) is 3.35. The zero-order valence-corrected chi connectivity index (χ0v) is 15.6. The molecule has 0 radical (unpaired) electrons. The molecular formula is C16H17BrN2O4S. The largest absolute Gasteiger partial charge is 0.463 e. The number of hydrogen-bond acceptors (Lipinski definition) is 5. The van der Waals surface area contributed by atoms with Crippen molar-refractivity contribution in [1.29, 1.82) is 0 Å². The van der Waals surface area contributed by atoms with Crippen LogP contribution in [0.25, 0.3) is 0 Å². The minimum atomic E-state index is -0.739. The molecule has 0 aliphatic carbocycles. The Kier molecular flexibility index (Phi) is 6.44. The Hall–Kier alpha value is -1.80. The number of anilines is 1. The molecule has 0 spiro atoms. The zero-order chi connectivity index (χ0) is 17.7. The number of nitrogens with zero attached hydrogens (tertiary/aromatic N) is 1. The maximum absolute atomic E-state index is 12.4. The van der Waals surface area contributed by atoms with Gasteiger partial charge in [-0.3, -0.25) is 14.5 Å². The van der Waals surface area contributed by atoms with Crippen molar-refractivity contribution in [2.24, 2.45) is 0 Å². The van der Waals surface area contributed by atoms with Crippen molar-refractivity contribution in [1.82, 2.24) is 4.90 Å². The molecule has 1 heterocycles. The Morgan fingerprint density at radius 1 is 1.42 bits per heavy atom. The van der Waals surface area contributed by atoms with Crippen molar-refractivity contribution < 1.29 is 19.1 Å². The van der Waals surface area contributed by atoms with Crippen LogP contribution in [0.1, 0.15) is 13.8 Å². The highest BCUT2D eigenvalue weighted by Crippen LogP contribution is 2.31. The van der Waals surface area contributed by atoms with Gasteiger partial charge in [0.25, 0.3) is 0 Å². The molecule has 1 fully saturated rings. The van der Waals surface area contributed by atoms with Crippen molar-refractivity contribution in [2.75, 3.05) is 17.7 Å². The highest BCUT2D eigenvalue weighted by Gasteiger charge is 2.34. The van der Waals surface area contributed by atoms with Gasteiger partial charge in [-0.1, -0.05) is 27.7 Å². The van der Waals surface area contributed by atoms with E-state index in [4.69, 9.17) is 4.74 Å². The molecule has 8 heteroatoms. The third kappa shape index (κ3) is 4.61. The first-order chi connectivity index (χ1) is 11.4. The summed E-state index contributed by atoms with van der Waals surface area (Å²) in [5.74, 6) is -0.877. The molecule has 0 aromatic heterocycles. The van der Waals surface area contributed by atoms with Crippen molar-refractivity contribution in [3.05, 3.63) is 39.8 Å². The van der Waals surface area contributed by atoms with Crippen molar-refractivity contribution in [3.8, 4) is 0 Å². The summed E-state index contributed by atoms with van der Waals surface area (Å²) in [5.41, 5.74) is 0.630. The Morgan fingerprint density at radius 3 is 2.71 bits per heavy atom. The van der Waals surface area contributed by atoms with Crippen molar-refractivity contribution in [3.63, 3.8) is 0 Å².